The van der Waals surface area contributed by atoms with Gasteiger partial charge in [-0.05, 0) is 19.3 Å². The van der Waals surface area contributed by atoms with Gasteiger partial charge in [-0.15, -0.1) is 22.9 Å². The fourth-order valence-electron chi connectivity index (χ4n) is 2.04. The summed E-state index contributed by atoms with van der Waals surface area (Å²) in [5, 5.41) is 3.14. The Morgan fingerprint density at radius 1 is 1.47 bits per heavy atom. The van der Waals surface area contributed by atoms with E-state index in [-0.39, 0.29) is 0 Å². The first kappa shape index (κ1) is 12.8. The molecule has 0 bridgehead atoms. The Bertz CT molecular complexity index is 380. The van der Waals surface area contributed by atoms with E-state index in [0.717, 1.165) is 55.9 Å². The summed E-state index contributed by atoms with van der Waals surface area (Å²) in [4.78, 5) is 18.0. The number of rotatable bonds is 5. The lowest BCUT2D eigenvalue weighted by molar-refractivity contribution is -0.133. The molecule has 1 aliphatic heterocycles. The zero-order valence-electron chi connectivity index (χ0n) is 9.82. The summed E-state index contributed by atoms with van der Waals surface area (Å²) in [6.07, 6.45) is 4.89. The maximum Gasteiger partial charge on any atom is 0.222 e. The zero-order chi connectivity index (χ0) is 12.1. The molecule has 3 nitrogen and oxygen atoms in total. The highest BCUT2D eigenvalue weighted by Crippen LogP contribution is 2.15. The smallest absolute Gasteiger partial charge is 0.222 e. The lowest BCUT2D eigenvalue weighted by Crippen LogP contribution is -2.36. The van der Waals surface area contributed by atoms with Gasteiger partial charge >= 0.3 is 0 Å². The number of halogens is 1. The molecule has 0 atom stereocenters. The van der Waals surface area contributed by atoms with Crippen LogP contribution in [0, 0.1) is 0 Å². The van der Waals surface area contributed by atoms with Gasteiger partial charge in [0.15, 0.2) is 0 Å². The maximum absolute atomic E-state index is 11.6. The van der Waals surface area contributed by atoms with Gasteiger partial charge in [-0.1, -0.05) is 0 Å². The van der Waals surface area contributed by atoms with E-state index in [2.05, 4.69) is 4.98 Å². The average molecular weight is 273 g/mol. The van der Waals surface area contributed by atoms with Crippen LogP contribution in [-0.2, 0) is 17.1 Å². The van der Waals surface area contributed by atoms with Gasteiger partial charge in [-0.2, -0.15) is 0 Å². The van der Waals surface area contributed by atoms with E-state index in [1.54, 1.807) is 11.3 Å². The summed E-state index contributed by atoms with van der Waals surface area (Å²) in [5.74, 6) is 0.804. The van der Waals surface area contributed by atoms with Crippen molar-refractivity contribution in [3.05, 3.63) is 16.1 Å². The van der Waals surface area contributed by atoms with Crippen LogP contribution in [0.2, 0.25) is 0 Å². The molecule has 0 aromatic carbocycles. The van der Waals surface area contributed by atoms with Crippen molar-refractivity contribution in [2.24, 2.45) is 0 Å². The van der Waals surface area contributed by atoms with E-state index >= 15 is 0 Å². The molecule has 0 unspecified atom stereocenters. The number of piperidine rings is 1. The molecule has 0 radical (unpaired) electrons. The van der Waals surface area contributed by atoms with Gasteiger partial charge in [0, 0.05) is 31.3 Å². The lowest BCUT2D eigenvalue weighted by atomic mass is 10.1. The molecule has 1 saturated heterocycles. The molecule has 1 fully saturated rings. The van der Waals surface area contributed by atoms with Crippen LogP contribution < -0.4 is 0 Å². The largest absolute Gasteiger partial charge is 0.343 e. The summed E-state index contributed by atoms with van der Waals surface area (Å²) >= 11 is 7.37. The highest BCUT2D eigenvalue weighted by molar-refractivity contribution is 7.09. The molecule has 0 saturated carbocycles. The standard InChI is InChI=1S/C12H17ClN2OS/c13-8-10-9-17-11(14-10)4-3-7-15-6-2-1-5-12(15)16/h9H,1-8H2. The van der Waals surface area contributed by atoms with Crippen LogP contribution in [0.15, 0.2) is 5.38 Å². The van der Waals surface area contributed by atoms with Crippen molar-refractivity contribution < 1.29 is 4.79 Å². The van der Waals surface area contributed by atoms with Crippen LogP contribution in [0.4, 0.5) is 0 Å². The van der Waals surface area contributed by atoms with Crippen LogP contribution in [0.1, 0.15) is 36.4 Å². The van der Waals surface area contributed by atoms with Crippen molar-refractivity contribution in [1.82, 2.24) is 9.88 Å². The molecule has 2 heterocycles. The second-order valence-electron chi connectivity index (χ2n) is 4.31. The Labute approximate surface area is 111 Å². The fraction of sp³-hybridized carbons (Fsp3) is 0.667. The summed E-state index contributed by atoms with van der Waals surface area (Å²) in [7, 11) is 0. The second-order valence-corrected chi connectivity index (χ2v) is 5.52. The predicted octanol–water partition coefficient (Wildman–Crippen LogP) is 2.83. The van der Waals surface area contributed by atoms with E-state index < -0.39 is 0 Å². The van der Waals surface area contributed by atoms with E-state index in [4.69, 9.17) is 11.6 Å². The number of carbonyl (C=O) groups excluding carboxylic acids is 1. The number of carbonyl (C=O) groups is 1. The average Bonchev–Trinajstić information content (AvgIpc) is 2.80. The zero-order valence-corrected chi connectivity index (χ0v) is 11.4. The summed E-state index contributed by atoms with van der Waals surface area (Å²) in [6.45, 7) is 1.80. The molecule has 0 spiro atoms. The maximum atomic E-state index is 11.6. The first-order valence-electron chi connectivity index (χ1n) is 6.06. The van der Waals surface area contributed by atoms with Crippen molar-refractivity contribution >= 4 is 28.8 Å². The number of likely N-dealkylation sites (tertiary alicyclic amines) is 1. The molecule has 94 valence electrons. The van der Waals surface area contributed by atoms with Crippen molar-refractivity contribution in [2.75, 3.05) is 13.1 Å². The molecular weight excluding hydrogens is 256 g/mol. The van der Waals surface area contributed by atoms with Gasteiger partial charge in [0.2, 0.25) is 5.91 Å². The Balaban J connectivity index is 1.73. The number of aromatic nitrogens is 1. The first-order valence-corrected chi connectivity index (χ1v) is 7.48. The molecule has 1 aliphatic rings. The lowest BCUT2D eigenvalue weighted by Gasteiger charge is -2.26. The second kappa shape index (κ2) is 6.36. The monoisotopic (exact) mass is 272 g/mol. The van der Waals surface area contributed by atoms with Crippen molar-refractivity contribution in [2.45, 2.75) is 38.0 Å². The number of nitrogens with zero attached hydrogens (tertiary/aromatic N) is 2. The molecular formula is C12H17ClN2OS. The van der Waals surface area contributed by atoms with Crippen LogP contribution in [0.5, 0.6) is 0 Å². The summed E-state index contributed by atoms with van der Waals surface area (Å²) in [6, 6.07) is 0. The molecule has 5 heteroatoms. The van der Waals surface area contributed by atoms with Crippen molar-refractivity contribution in [3.8, 4) is 0 Å². The third-order valence-electron chi connectivity index (χ3n) is 2.98. The van der Waals surface area contributed by atoms with Crippen LogP contribution in [0.3, 0.4) is 0 Å². The third kappa shape index (κ3) is 3.68. The molecule has 1 aromatic rings. The predicted molar refractivity (Wildman–Crippen MR) is 70.4 cm³/mol. The van der Waals surface area contributed by atoms with E-state index in [1.807, 2.05) is 10.3 Å². The normalized spacial score (nSPS) is 16.5. The molecule has 1 amide bonds. The van der Waals surface area contributed by atoms with Gasteiger partial charge < -0.3 is 4.90 Å². The van der Waals surface area contributed by atoms with E-state index in [9.17, 15) is 4.79 Å². The summed E-state index contributed by atoms with van der Waals surface area (Å²) < 4.78 is 0. The molecule has 0 N–H and O–H groups in total. The van der Waals surface area contributed by atoms with Gasteiger partial charge in [-0.3, -0.25) is 4.79 Å². The number of thiazole rings is 1. The van der Waals surface area contributed by atoms with E-state index in [1.165, 1.54) is 0 Å². The minimum absolute atomic E-state index is 0.317. The minimum atomic E-state index is 0.317. The summed E-state index contributed by atoms with van der Waals surface area (Å²) in [5.41, 5.74) is 0.959. The molecule has 17 heavy (non-hydrogen) atoms. The number of hydrogen-bond acceptors (Lipinski definition) is 3. The number of alkyl halides is 1. The van der Waals surface area contributed by atoms with Crippen molar-refractivity contribution in [1.29, 1.82) is 0 Å². The Kier molecular flexibility index (Phi) is 4.80. The fourth-order valence-corrected chi connectivity index (χ4v) is 3.11. The Morgan fingerprint density at radius 3 is 3.06 bits per heavy atom. The highest BCUT2D eigenvalue weighted by atomic mass is 35.5. The number of hydrogen-bond donors (Lipinski definition) is 0. The molecule has 2 rings (SSSR count). The molecule has 1 aromatic heterocycles. The van der Waals surface area contributed by atoms with Crippen molar-refractivity contribution in [3.63, 3.8) is 0 Å². The van der Waals surface area contributed by atoms with Gasteiger partial charge in [0.1, 0.15) is 0 Å². The number of amides is 1. The van der Waals surface area contributed by atoms with Crippen LogP contribution >= 0.6 is 22.9 Å². The first-order chi connectivity index (χ1) is 8.29. The van der Waals surface area contributed by atoms with Crippen LogP contribution in [-0.4, -0.2) is 28.9 Å². The quantitative estimate of drug-likeness (QED) is 0.773. The third-order valence-corrected chi connectivity index (χ3v) is 4.21. The van der Waals surface area contributed by atoms with E-state index in [0.29, 0.717) is 11.8 Å². The Hall–Kier alpha value is -0.610. The van der Waals surface area contributed by atoms with Crippen LogP contribution in [0.25, 0.3) is 0 Å². The Morgan fingerprint density at radius 2 is 2.35 bits per heavy atom. The van der Waals surface area contributed by atoms with Gasteiger partial charge in [-0.25, -0.2) is 4.98 Å². The van der Waals surface area contributed by atoms with Gasteiger partial charge in [0.25, 0.3) is 0 Å². The number of aryl methyl sites for hydroxylation is 1. The molecule has 0 aliphatic carbocycles. The minimum Gasteiger partial charge on any atom is -0.343 e. The van der Waals surface area contributed by atoms with Gasteiger partial charge in [0.05, 0.1) is 16.6 Å². The topological polar surface area (TPSA) is 33.2 Å². The SMILES string of the molecule is O=C1CCCCN1CCCc1nc(CCl)cs1. The highest BCUT2D eigenvalue weighted by Gasteiger charge is 2.17.